The first-order valence-corrected chi connectivity index (χ1v) is 9.63. The second-order valence-corrected chi connectivity index (χ2v) is 7.26. The number of hydrogen-bond acceptors (Lipinski definition) is 6. The van der Waals surface area contributed by atoms with Gasteiger partial charge in [-0.25, -0.2) is 9.59 Å². The minimum Gasteiger partial charge on any atom is -0.467 e. The maximum absolute atomic E-state index is 12.3. The van der Waals surface area contributed by atoms with Gasteiger partial charge in [0, 0.05) is 19.5 Å². The average Bonchev–Trinajstić information content (AvgIpc) is 2.64. The molecule has 9 heteroatoms. The molecule has 2 N–H and O–H groups in total. The van der Waals surface area contributed by atoms with E-state index in [0.717, 1.165) is 6.42 Å². The van der Waals surface area contributed by atoms with Crippen molar-refractivity contribution in [2.24, 2.45) is 5.92 Å². The number of hydrogen-bond donors (Lipinski definition) is 2. The minimum absolute atomic E-state index is 0.127. The molecule has 0 saturated carbocycles. The van der Waals surface area contributed by atoms with Gasteiger partial charge in [-0.3, -0.25) is 9.59 Å². The molecule has 0 radical (unpaired) electrons. The van der Waals surface area contributed by atoms with Crippen LogP contribution < -0.4 is 10.6 Å². The molecule has 9 nitrogen and oxygen atoms in total. The first-order valence-electron chi connectivity index (χ1n) is 9.63. The molecule has 0 aliphatic carbocycles. The maximum Gasteiger partial charge on any atom is 0.408 e. The second-order valence-electron chi connectivity index (χ2n) is 7.26. The lowest BCUT2D eigenvalue weighted by atomic mass is 9.91. The van der Waals surface area contributed by atoms with Crippen LogP contribution in [0.25, 0.3) is 0 Å². The summed E-state index contributed by atoms with van der Waals surface area (Å²) < 4.78 is 9.84. The first kappa shape index (κ1) is 25.7. The van der Waals surface area contributed by atoms with Crippen molar-refractivity contribution in [2.45, 2.75) is 65.5 Å². The maximum atomic E-state index is 12.3. The molecular formula is C19H35N3O6. The Labute approximate surface area is 167 Å². The van der Waals surface area contributed by atoms with Crippen molar-refractivity contribution in [3.8, 4) is 0 Å². The molecule has 1 rings (SSSR count). The summed E-state index contributed by atoms with van der Waals surface area (Å²) in [5.74, 6) is -1.57. The quantitative estimate of drug-likeness (QED) is 0.651. The van der Waals surface area contributed by atoms with Crippen molar-refractivity contribution >= 4 is 23.9 Å². The minimum atomic E-state index is -0.901. The molecule has 0 spiro atoms. The van der Waals surface area contributed by atoms with Gasteiger partial charge in [-0.05, 0) is 40.0 Å². The fraction of sp³-hybridized carbons (Fsp3) is 0.789. The van der Waals surface area contributed by atoms with Crippen LogP contribution in [0.1, 0.15) is 53.9 Å². The lowest BCUT2D eigenvalue weighted by Crippen LogP contribution is -2.50. The van der Waals surface area contributed by atoms with Crippen LogP contribution in [0.3, 0.4) is 0 Å². The predicted molar refractivity (Wildman–Crippen MR) is 105 cm³/mol. The Morgan fingerprint density at radius 2 is 1.89 bits per heavy atom. The van der Waals surface area contributed by atoms with Crippen molar-refractivity contribution in [1.82, 2.24) is 15.5 Å². The Morgan fingerprint density at radius 1 is 1.29 bits per heavy atom. The molecular weight excluding hydrogens is 366 g/mol. The summed E-state index contributed by atoms with van der Waals surface area (Å²) in [6, 6.07) is -0.901. The van der Waals surface area contributed by atoms with E-state index in [1.807, 2.05) is 13.8 Å². The van der Waals surface area contributed by atoms with E-state index in [-0.39, 0.29) is 24.8 Å². The Hall–Kier alpha value is -2.32. The molecule has 1 saturated heterocycles. The number of esters is 1. The van der Waals surface area contributed by atoms with Crippen LogP contribution >= 0.6 is 0 Å². The number of piperidine rings is 1. The molecule has 1 aliphatic rings. The highest BCUT2D eigenvalue weighted by molar-refractivity contribution is 5.88. The highest BCUT2D eigenvalue weighted by Crippen LogP contribution is 2.20. The molecule has 0 bridgehead atoms. The second kappa shape index (κ2) is 12.2. The molecule has 2 atom stereocenters. The summed E-state index contributed by atoms with van der Waals surface area (Å²) in [5.41, 5.74) is -0.679. The fourth-order valence-corrected chi connectivity index (χ4v) is 2.64. The van der Waals surface area contributed by atoms with E-state index in [9.17, 15) is 19.2 Å². The SMILES string of the molecule is CC.COC(=O)[C@H](C[C@@H]1CCCNC1=O)N(C)C(=O)CNC(=O)OC(C)(C)C. The zero-order valence-corrected chi connectivity index (χ0v) is 18.1. The molecule has 1 aliphatic heterocycles. The van der Waals surface area contributed by atoms with Crippen molar-refractivity contribution in [3.05, 3.63) is 0 Å². The number of amides is 3. The Kier molecular flexibility index (Phi) is 11.2. The van der Waals surface area contributed by atoms with Gasteiger partial charge in [-0.1, -0.05) is 13.8 Å². The third kappa shape index (κ3) is 9.05. The van der Waals surface area contributed by atoms with E-state index in [4.69, 9.17) is 9.47 Å². The normalized spacial score (nSPS) is 17.2. The van der Waals surface area contributed by atoms with Crippen LogP contribution in [0, 0.1) is 5.92 Å². The summed E-state index contributed by atoms with van der Waals surface area (Å²) in [7, 11) is 2.68. The molecule has 1 heterocycles. The smallest absolute Gasteiger partial charge is 0.408 e. The van der Waals surface area contributed by atoms with E-state index in [1.54, 1.807) is 20.8 Å². The van der Waals surface area contributed by atoms with Gasteiger partial charge in [0.15, 0.2) is 0 Å². The third-order valence-corrected chi connectivity index (χ3v) is 4.02. The molecule has 1 fully saturated rings. The standard InChI is InChI=1S/C17H29N3O6.C2H6/c1-17(2,3)26-16(24)19-10-13(21)20(4)12(15(23)25-5)9-11-7-6-8-18-14(11)22;1-2/h11-12H,6-10H2,1-5H3,(H,18,22)(H,19,24);1-2H3/t11-,12-;/m0./s1. The van der Waals surface area contributed by atoms with E-state index in [2.05, 4.69) is 10.6 Å². The van der Waals surface area contributed by atoms with E-state index in [0.29, 0.717) is 13.0 Å². The number of likely N-dealkylation sites (N-methyl/N-ethyl adjacent to an activating group) is 1. The van der Waals surface area contributed by atoms with Gasteiger partial charge in [-0.2, -0.15) is 0 Å². The number of carbonyl (C=O) groups is 4. The van der Waals surface area contributed by atoms with Gasteiger partial charge in [0.05, 0.1) is 7.11 Å². The lowest BCUT2D eigenvalue weighted by Gasteiger charge is -2.30. The summed E-state index contributed by atoms with van der Waals surface area (Å²) in [4.78, 5) is 49.2. The predicted octanol–water partition coefficient (Wildman–Crippen LogP) is 1.45. The van der Waals surface area contributed by atoms with Crippen LogP contribution in [0.2, 0.25) is 0 Å². The summed E-state index contributed by atoms with van der Waals surface area (Å²) in [6.07, 6.45) is 0.924. The highest BCUT2D eigenvalue weighted by atomic mass is 16.6. The zero-order valence-electron chi connectivity index (χ0n) is 18.1. The van der Waals surface area contributed by atoms with E-state index >= 15 is 0 Å². The van der Waals surface area contributed by atoms with Crippen LogP contribution in [-0.2, 0) is 23.9 Å². The van der Waals surface area contributed by atoms with Crippen molar-refractivity contribution in [2.75, 3.05) is 27.2 Å². The molecule has 0 aromatic rings. The largest absolute Gasteiger partial charge is 0.467 e. The molecule has 0 unspecified atom stereocenters. The molecule has 162 valence electrons. The van der Waals surface area contributed by atoms with Crippen LogP contribution in [0.15, 0.2) is 0 Å². The molecule has 3 amide bonds. The van der Waals surface area contributed by atoms with E-state index < -0.39 is 29.6 Å². The number of nitrogens with one attached hydrogen (secondary N) is 2. The molecule has 0 aromatic heterocycles. The fourth-order valence-electron chi connectivity index (χ4n) is 2.64. The van der Waals surface area contributed by atoms with Crippen molar-refractivity contribution in [3.63, 3.8) is 0 Å². The number of alkyl carbamates (subject to hydrolysis) is 1. The van der Waals surface area contributed by atoms with Gasteiger partial charge >= 0.3 is 12.1 Å². The van der Waals surface area contributed by atoms with Gasteiger partial charge < -0.3 is 25.0 Å². The van der Waals surface area contributed by atoms with Gasteiger partial charge in [0.2, 0.25) is 11.8 Å². The number of rotatable bonds is 6. The summed E-state index contributed by atoms with van der Waals surface area (Å²) >= 11 is 0. The molecule has 28 heavy (non-hydrogen) atoms. The van der Waals surface area contributed by atoms with Crippen LogP contribution in [0.5, 0.6) is 0 Å². The van der Waals surface area contributed by atoms with Gasteiger partial charge in [0.1, 0.15) is 18.2 Å². The van der Waals surface area contributed by atoms with Crippen LogP contribution in [0.4, 0.5) is 4.79 Å². The number of carbonyl (C=O) groups excluding carboxylic acids is 4. The Balaban J connectivity index is 0.00000352. The zero-order chi connectivity index (χ0) is 21.9. The third-order valence-electron chi connectivity index (χ3n) is 4.02. The van der Waals surface area contributed by atoms with Crippen LogP contribution in [-0.4, -0.2) is 67.7 Å². The topological polar surface area (TPSA) is 114 Å². The van der Waals surface area contributed by atoms with E-state index in [1.165, 1.54) is 19.1 Å². The summed E-state index contributed by atoms with van der Waals surface area (Å²) in [6.45, 7) is 9.43. The summed E-state index contributed by atoms with van der Waals surface area (Å²) in [5, 5.41) is 5.12. The van der Waals surface area contributed by atoms with Gasteiger partial charge in [0.25, 0.3) is 0 Å². The molecule has 0 aromatic carbocycles. The lowest BCUT2D eigenvalue weighted by molar-refractivity contribution is -0.152. The van der Waals surface area contributed by atoms with Crippen molar-refractivity contribution in [1.29, 1.82) is 0 Å². The average molecular weight is 402 g/mol. The number of ether oxygens (including phenoxy) is 2. The number of nitrogens with zero attached hydrogens (tertiary/aromatic N) is 1. The first-order chi connectivity index (χ1) is 13.0. The number of methoxy groups -OCH3 is 1. The monoisotopic (exact) mass is 401 g/mol. The Morgan fingerprint density at radius 3 is 2.39 bits per heavy atom. The van der Waals surface area contributed by atoms with Gasteiger partial charge in [-0.15, -0.1) is 0 Å². The Bertz CT molecular complexity index is 544. The highest BCUT2D eigenvalue weighted by Gasteiger charge is 2.34. The van der Waals surface area contributed by atoms with Crippen molar-refractivity contribution < 1.29 is 28.7 Å².